The molecule has 0 bridgehead atoms. The molecule has 1 heterocycles. The Morgan fingerprint density at radius 3 is 2.53 bits per heavy atom. The number of carbonyl (C=O) groups is 2. The Morgan fingerprint density at radius 2 is 1.91 bits per heavy atom. The van der Waals surface area contributed by atoms with E-state index in [-0.39, 0.29) is 11.5 Å². The van der Waals surface area contributed by atoms with Crippen LogP contribution < -0.4 is 10.1 Å². The van der Waals surface area contributed by atoms with E-state index in [1.54, 1.807) is 18.2 Å². The average Bonchev–Trinajstić information content (AvgIpc) is 2.85. The lowest BCUT2D eigenvalue weighted by molar-refractivity contribution is -0.147. The highest BCUT2D eigenvalue weighted by Gasteiger charge is 2.42. The molecule has 1 N–H and O–H groups in total. The third-order valence-corrected chi connectivity index (χ3v) is 5.93. The maximum atomic E-state index is 14.5. The predicted octanol–water partition coefficient (Wildman–Crippen LogP) is 5.13. The normalized spacial score (nSPS) is 18.2. The molecule has 2 atom stereocenters. The molecular weight excluding hydrogens is 482 g/mol. The van der Waals surface area contributed by atoms with E-state index in [2.05, 4.69) is 21.2 Å². The first-order valence-electron chi connectivity index (χ1n) is 10.7. The summed E-state index contributed by atoms with van der Waals surface area (Å²) in [5, 5.41) is 2.86. The highest BCUT2D eigenvalue weighted by molar-refractivity contribution is 9.10. The Kier molecular flexibility index (Phi) is 7.87. The first-order chi connectivity index (χ1) is 15.2. The second kappa shape index (κ2) is 10.4. The van der Waals surface area contributed by atoms with E-state index in [1.165, 1.54) is 11.0 Å². The van der Waals surface area contributed by atoms with Gasteiger partial charge in [-0.05, 0) is 42.7 Å². The summed E-state index contributed by atoms with van der Waals surface area (Å²) in [7, 11) is 0. The van der Waals surface area contributed by atoms with Crippen LogP contribution >= 0.6 is 15.9 Å². The van der Waals surface area contributed by atoms with Crippen molar-refractivity contribution in [1.82, 2.24) is 10.2 Å². The highest BCUT2D eigenvalue weighted by Crippen LogP contribution is 2.38. The number of ether oxygens (including phenoxy) is 1. The molecule has 3 rings (SSSR count). The summed E-state index contributed by atoms with van der Waals surface area (Å²) in [4.78, 5) is 28.1. The van der Waals surface area contributed by atoms with Crippen molar-refractivity contribution in [3.63, 3.8) is 0 Å². The van der Waals surface area contributed by atoms with Crippen LogP contribution in [0.3, 0.4) is 0 Å². The van der Waals surface area contributed by atoms with Gasteiger partial charge in [-0.2, -0.15) is 0 Å². The van der Waals surface area contributed by atoms with E-state index < -0.39 is 42.1 Å². The zero-order valence-electron chi connectivity index (χ0n) is 18.3. The molecule has 0 fully saturated rings. The standard InChI is InChI=1S/C24H27BrF2N2O3/c1-4-5-11-28-23(30)21-16-12-15(25)9-10-20(16)32-22(14(2)3)24(31)29(21)13-17-18(26)7-6-8-19(17)27/h6-10,12,14,21-22H,4-5,11,13H2,1-3H3,(H,28,30). The number of hydrogen-bond donors (Lipinski definition) is 1. The van der Waals surface area contributed by atoms with Crippen LogP contribution in [0.2, 0.25) is 0 Å². The number of nitrogens with zero attached hydrogens (tertiary/aromatic N) is 1. The number of hydrogen-bond acceptors (Lipinski definition) is 3. The molecule has 8 heteroatoms. The third kappa shape index (κ3) is 5.11. The lowest BCUT2D eigenvalue weighted by Crippen LogP contribution is -2.48. The van der Waals surface area contributed by atoms with Crippen molar-refractivity contribution in [2.75, 3.05) is 6.54 Å². The Bertz CT molecular complexity index is 979. The molecule has 0 saturated carbocycles. The van der Waals surface area contributed by atoms with Crippen molar-refractivity contribution in [3.05, 3.63) is 63.6 Å². The van der Waals surface area contributed by atoms with E-state index in [1.807, 2.05) is 20.8 Å². The molecule has 0 aliphatic carbocycles. The van der Waals surface area contributed by atoms with Gasteiger partial charge in [0.1, 0.15) is 23.4 Å². The molecule has 2 aromatic carbocycles. The first-order valence-corrected chi connectivity index (χ1v) is 11.5. The molecule has 0 spiro atoms. The van der Waals surface area contributed by atoms with Gasteiger partial charge in [0.2, 0.25) is 5.91 Å². The van der Waals surface area contributed by atoms with Gasteiger partial charge in [-0.1, -0.05) is 49.2 Å². The van der Waals surface area contributed by atoms with Crippen molar-refractivity contribution in [3.8, 4) is 5.75 Å². The number of unbranched alkanes of at least 4 members (excludes halogenated alkanes) is 1. The van der Waals surface area contributed by atoms with E-state index in [9.17, 15) is 18.4 Å². The zero-order chi connectivity index (χ0) is 23.4. The monoisotopic (exact) mass is 508 g/mol. The van der Waals surface area contributed by atoms with Gasteiger partial charge in [0.05, 0.1) is 6.54 Å². The van der Waals surface area contributed by atoms with Crippen molar-refractivity contribution in [2.45, 2.75) is 52.3 Å². The van der Waals surface area contributed by atoms with E-state index >= 15 is 0 Å². The molecule has 2 amide bonds. The fraction of sp³-hybridized carbons (Fsp3) is 0.417. The zero-order valence-corrected chi connectivity index (χ0v) is 19.9. The summed E-state index contributed by atoms with van der Waals surface area (Å²) in [6.07, 6.45) is 0.748. The smallest absolute Gasteiger partial charge is 0.265 e. The summed E-state index contributed by atoms with van der Waals surface area (Å²) < 4.78 is 35.8. The fourth-order valence-electron chi connectivity index (χ4n) is 3.70. The number of rotatable bonds is 7. The quantitative estimate of drug-likeness (QED) is 0.527. The molecular formula is C24H27BrF2N2O3. The van der Waals surface area contributed by atoms with E-state index in [0.29, 0.717) is 22.3 Å². The number of benzene rings is 2. The summed E-state index contributed by atoms with van der Waals surface area (Å²) in [5.74, 6) is -2.30. The molecule has 32 heavy (non-hydrogen) atoms. The predicted molar refractivity (Wildman–Crippen MR) is 121 cm³/mol. The van der Waals surface area contributed by atoms with Crippen molar-refractivity contribution >= 4 is 27.7 Å². The number of fused-ring (bicyclic) bond motifs is 1. The minimum absolute atomic E-state index is 0.228. The maximum absolute atomic E-state index is 14.5. The summed E-state index contributed by atoms with van der Waals surface area (Å²) in [6.45, 7) is 5.68. The lowest BCUT2D eigenvalue weighted by Gasteiger charge is -2.31. The number of nitrogens with one attached hydrogen (secondary N) is 1. The minimum Gasteiger partial charge on any atom is -0.480 e. The van der Waals surface area contributed by atoms with Crippen LogP contribution in [0.4, 0.5) is 8.78 Å². The van der Waals surface area contributed by atoms with Crippen molar-refractivity contribution in [2.24, 2.45) is 5.92 Å². The molecule has 5 nitrogen and oxygen atoms in total. The van der Waals surface area contributed by atoms with E-state index in [4.69, 9.17) is 4.74 Å². The molecule has 172 valence electrons. The third-order valence-electron chi connectivity index (χ3n) is 5.43. The van der Waals surface area contributed by atoms with Gasteiger partial charge in [0.25, 0.3) is 5.91 Å². The molecule has 1 aliphatic rings. The maximum Gasteiger partial charge on any atom is 0.265 e. The van der Waals surface area contributed by atoms with Crippen LogP contribution in [-0.2, 0) is 16.1 Å². The van der Waals surface area contributed by atoms with Crippen molar-refractivity contribution in [1.29, 1.82) is 0 Å². The van der Waals surface area contributed by atoms with Crippen LogP contribution in [0, 0.1) is 17.6 Å². The summed E-state index contributed by atoms with van der Waals surface area (Å²) >= 11 is 3.41. The topological polar surface area (TPSA) is 58.6 Å². The second-order valence-corrected chi connectivity index (χ2v) is 9.09. The average molecular weight is 509 g/mol. The van der Waals surface area contributed by atoms with Crippen molar-refractivity contribution < 1.29 is 23.1 Å². The van der Waals surface area contributed by atoms with Crippen LogP contribution in [0.1, 0.15) is 50.8 Å². The van der Waals surface area contributed by atoms with Gasteiger partial charge < -0.3 is 15.0 Å². The van der Waals surface area contributed by atoms with Gasteiger partial charge in [0.15, 0.2) is 6.10 Å². The largest absolute Gasteiger partial charge is 0.480 e. The SMILES string of the molecule is CCCCNC(=O)C1c2cc(Br)ccc2OC(C(C)C)C(=O)N1Cc1c(F)cccc1F. The molecule has 0 aromatic heterocycles. The second-order valence-electron chi connectivity index (χ2n) is 8.18. The van der Waals surface area contributed by atoms with Gasteiger partial charge >= 0.3 is 0 Å². The van der Waals surface area contributed by atoms with Crippen LogP contribution in [0.15, 0.2) is 40.9 Å². The van der Waals surface area contributed by atoms with Gasteiger partial charge in [-0.25, -0.2) is 8.78 Å². The van der Waals surface area contributed by atoms with Crippen LogP contribution in [-0.4, -0.2) is 29.4 Å². The number of amides is 2. The molecule has 0 radical (unpaired) electrons. The van der Waals surface area contributed by atoms with Gasteiger partial charge in [-0.15, -0.1) is 0 Å². The van der Waals surface area contributed by atoms with E-state index in [0.717, 1.165) is 25.0 Å². The lowest BCUT2D eigenvalue weighted by atomic mass is 10.0. The summed E-state index contributed by atoms with van der Waals surface area (Å²) in [5.41, 5.74) is 0.190. The Hall–Kier alpha value is -2.48. The fourth-order valence-corrected chi connectivity index (χ4v) is 4.08. The number of halogens is 3. The Labute approximate surface area is 195 Å². The Balaban J connectivity index is 2.14. The molecule has 2 aromatic rings. The van der Waals surface area contributed by atoms with Crippen LogP contribution in [0.5, 0.6) is 5.75 Å². The van der Waals surface area contributed by atoms with Crippen LogP contribution in [0.25, 0.3) is 0 Å². The Morgan fingerprint density at radius 1 is 1.22 bits per heavy atom. The first kappa shape index (κ1) is 24.2. The molecule has 1 aliphatic heterocycles. The van der Waals surface area contributed by atoms with Gasteiger partial charge in [-0.3, -0.25) is 9.59 Å². The van der Waals surface area contributed by atoms with Gasteiger partial charge in [0, 0.05) is 22.1 Å². The minimum atomic E-state index is -1.10. The number of carbonyl (C=O) groups excluding carboxylic acids is 2. The highest BCUT2D eigenvalue weighted by atomic mass is 79.9. The summed E-state index contributed by atoms with van der Waals surface area (Å²) in [6, 6.07) is 7.60. The molecule has 2 unspecified atom stereocenters. The molecule has 0 saturated heterocycles.